The number of halogens is 1. The SMILES string of the molecule is C/C=C/CCN=C(NCC)N1CCN(Cc2ccc(OC)c(OC)c2OC)CC1.I. The number of nitrogens with zero attached hydrogens (tertiary/aromatic N) is 3. The molecule has 2 rings (SSSR count). The molecule has 0 unspecified atom stereocenters. The first-order valence-corrected chi connectivity index (χ1v) is 10.3. The maximum atomic E-state index is 5.63. The van der Waals surface area contributed by atoms with Crippen LogP contribution in [0.15, 0.2) is 29.3 Å². The molecule has 1 aliphatic heterocycles. The van der Waals surface area contributed by atoms with Crippen molar-refractivity contribution in [2.75, 3.05) is 60.6 Å². The van der Waals surface area contributed by atoms with Crippen molar-refractivity contribution in [3.8, 4) is 17.2 Å². The summed E-state index contributed by atoms with van der Waals surface area (Å²) in [5.41, 5.74) is 1.10. The molecule has 0 amide bonds. The van der Waals surface area contributed by atoms with Gasteiger partial charge in [-0.2, -0.15) is 0 Å². The molecule has 0 spiro atoms. The van der Waals surface area contributed by atoms with Gasteiger partial charge in [0.25, 0.3) is 0 Å². The molecule has 0 aliphatic carbocycles. The number of nitrogens with one attached hydrogen (secondary N) is 1. The van der Waals surface area contributed by atoms with E-state index in [9.17, 15) is 0 Å². The van der Waals surface area contributed by atoms with Crippen LogP contribution in [0.3, 0.4) is 0 Å². The van der Waals surface area contributed by atoms with Gasteiger partial charge in [-0.05, 0) is 26.3 Å². The largest absolute Gasteiger partial charge is 0.493 e. The average Bonchev–Trinajstić information content (AvgIpc) is 2.76. The van der Waals surface area contributed by atoms with Gasteiger partial charge in [0, 0.05) is 51.4 Å². The van der Waals surface area contributed by atoms with Gasteiger partial charge < -0.3 is 24.4 Å². The molecule has 1 aromatic carbocycles. The Hall–Kier alpha value is -1.68. The summed E-state index contributed by atoms with van der Waals surface area (Å²) in [6, 6.07) is 3.99. The summed E-state index contributed by atoms with van der Waals surface area (Å²) in [5, 5.41) is 3.42. The lowest BCUT2D eigenvalue weighted by Crippen LogP contribution is -2.52. The molecular formula is C22H37IN4O3. The van der Waals surface area contributed by atoms with Gasteiger partial charge in [-0.25, -0.2) is 0 Å². The molecule has 0 atom stereocenters. The molecule has 1 aromatic rings. The van der Waals surface area contributed by atoms with E-state index in [2.05, 4.69) is 40.3 Å². The predicted octanol–water partition coefficient (Wildman–Crippen LogP) is 3.38. The van der Waals surface area contributed by atoms with E-state index in [1.165, 1.54) is 0 Å². The standard InChI is InChI=1S/C22H36N4O3.HI/c1-6-8-9-12-24-22(23-7-2)26-15-13-25(14-16-26)17-18-10-11-19(27-3)21(29-5)20(18)28-4;/h6,8,10-11H,7,9,12-17H2,1-5H3,(H,23,24);1H/b8-6+;. The minimum absolute atomic E-state index is 0. The molecule has 30 heavy (non-hydrogen) atoms. The summed E-state index contributed by atoms with van der Waals surface area (Å²) in [7, 11) is 4.95. The van der Waals surface area contributed by atoms with E-state index in [1.807, 2.05) is 13.0 Å². The number of guanidine groups is 1. The Kier molecular flexibility index (Phi) is 12.6. The first kappa shape index (κ1) is 26.4. The number of allylic oxidation sites excluding steroid dienone is 1. The molecule has 0 saturated carbocycles. The lowest BCUT2D eigenvalue weighted by atomic mass is 10.1. The zero-order valence-electron chi connectivity index (χ0n) is 18.9. The number of hydrogen-bond acceptors (Lipinski definition) is 5. The van der Waals surface area contributed by atoms with E-state index in [0.29, 0.717) is 11.5 Å². The third-order valence-electron chi connectivity index (χ3n) is 4.98. The Balaban J connectivity index is 0.00000450. The zero-order valence-corrected chi connectivity index (χ0v) is 21.3. The summed E-state index contributed by atoms with van der Waals surface area (Å²) in [4.78, 5) is 9.55. The predicted molar refractivity (Wildman–Crippen MR) is 134 cm³/mol. The number of aliphatic imine (C=N–C) groups is 1. The van der Waals surface area contributed by atoms with Gasteiger partial charge >= 0.3 is 0 Å². The van der Waals surface area contributed by atoms with Crippen LogP contribution in [0.1, 0.15) is 25.8 Å². The van der Waals surface area contributed by atoms with E-state index < -0.39 is 0 Å². The Morgan fingerprint density at radius 3 is 2.33 bits per heavy atom. The van der Waals surface area contributed by atoms with E-state index in [1.54, 1.807) is 21.3 Å². The number of piperazine rings is 1. The van der Waals surface area contributed by atoms with E-state index >= 15 is 0 Å². The lowest BCUT2D eigenvalue weighted by molar-refractivity contribution is 0.170. The second-order valence-electron chi connectivity index (χ2n) is 6.85. The molecule has 1 aliphatic rings. The maximum absolute atomic E-state index is 5.63. The first-order valence-electron chi connectivity index (χ1n) is 10.3. The van der Waals surface area contributed by atoms with Crippen molar-refractivity contribution in [3.63, 3.8) is 0 Å². The van der Waals surface area contributed by atoms with Crippen LogP contribution in [-0.2, 0) is 6.54 Å². The monoisotopic (exact) mass is 532 g/mol. The van der Waals surface area contributed by atoms with Gasteiger partial charge in [0.05, 0.1) is 21.3 Å². The fourth-order valence-electron chi connectivity index (χ4n) is 3.48. The van der Waals surface area contributed by atoms with Gasteiger partial charge in [0.2, 0.25) is 5.75 Å². The van der Waals surface area contributed by atoms with Crippen LogP contribution in [0.4, 0.5) is 0 Å². The quantitative estimate of drug-likeness (QED) is 0.173. The van der Waals surface area contributed by atoms with Gasteiger partial charge in [-0.1, -0.05) is 18.2 Å². The Labute approximate surface area is 198 Å². The summed E-state index contributed by atoms with van der Waals surface area (Å²) < 4.78 is 16.5. The van der Waals surface area contributed by atoms with Crippen molar-refractivity contribution in [3.05, 3.63) is 29.8 Å². The summed E-state index contributed by atoms with van der Waals surface area (Å²) in [5.74, 6) is 3.09. The van der Waals surface area contributed by atoms with E-state index in [-0.39, 0.29) is 24.0 Å². The molecule has 1 saturated heterocycles. The average molecular weight is 532 g/mol. The smallest absolute Gasteiger partial charge is 0.203 e. The number of rotatable bonds is 9. The fourth-order valence-corrected chi connectivity index (χ4v) is 3.48. The molecule has 7 nitrogen and oxygen atoms in total. The van der Waals surface area contributed by atoms with Crippen molar-refractivity contribution >= 4 is 29.9 Å². The van der Waals surface area contributed by atoms with Crippen LogP contribution in [-0.4, -0.2) is 76.4 Å². The van der Waals surface area contributed by atoms with Crippen molar-refractivity contribution in [2.24, 2.45) is 4.99 Å². The fraction of sp³-hybridized carbons (Fsp3) is 0.591. The molecule has 0 radical (unpaired) electrons. The zero-order chi connectivity index (χ0) is 21.1. The molecule has 170 valence electrons. The minimum Gasteiger partial charge on any atom is -0.493 e. The summed E-state index contributed by atoms with van der Waals surface area (Å²) >= 11 is 0. The molecule has 8 heteroatoms. The Morgan fingerprint density at radius 2 is 1.77 bits per heavy atom. The highest BCUT2D eigenvalue weighted by Crippen LogP contribution is 2.40. The van der Waals surface area contributed by atoms with Crippen LogP contribution in [0.5, 0.6) is 17.2 Å². The second kappa shape index (κ2) is 14.3. The second-order valence-corrected chi connectivity index (χ2v) is 6.85. The third-order valence-corrected chi connectivity index (χ3v) is 4.98. The Morgan fingerprint density at radius 1 is 1.07 bits per heavy atom. The van der Waals surface area contributed by atoms with E-state index in [0.717, 1.165) is 69.5 Å². The van der Waals surface area contributed by atoms with Gasteiger partial charge in [-0.3, -0.25) is 9.89 Å². The topological polar surface area (TPSA) is 58.6 Å². The molecule has 0 bridgehead atoms. The normalized spacial score (nSPS) is 15.1. The van der Waals surface area contributed by atoms with Crippen molar-refractivity contribution in [1.29, 1.82) is 0 Å². The minimum atomic E-state index is 0. The van der Waals surface area contributed by atoms with Gasteiger partial charge in [0.15, 0.2) is 17.5 Å². The molecular weight excluding hydrogens is 495 g/mol. The lowest BCUT2D eigenvalue weighted by Gasteiger charge is -2.36. The number of benzene rings is 1. The third kappa shape index (κ3) is 7.23. The molecule has 1 N–H and O–H groups in total. The van der Waals surface area contributed by atoms with Crippen LogP contribution < -0.4 is 19.5 Å². The van der Waals surface area contributed by atoms with E-state index in [4.69, 9.17) is 19.2 Å². The van der Waals surface area contributed by atoms with Crippen molar-refractivity contribution in [1.82, 2.24) is 15.1 Å². The highest BCUT2D eigenvalue weighted by atomic mass is 127. The van der Waals surface area contributed by atoms with Gasteiger partial charge in [-0.15, -0.1) is 24.0 Å². The van der Waals surface area contributed by atoms with Gasteiger partial charge in [0.1, 0.15) is 0 Å². The number of methoxy groups -OCH3 is 3. The van der Waals surface area contributed by atoms with Crippen molar-refractivity contribution in [2.45, 2.75) is 26.8 Å². The Bertz CT molecular complexity index is 689. The van der Waals surface area contributed by atoms with Crippen LogP contribution in [0.2, 0.25) is 0 Å². The highest BCUT2D eigenvalue weighted by Gasteiger charge is 2.22. The molecule has 1 fully saturated rings. The summed E-state index contributed by atoms with van der Waals surface area (Å²) in [6.45, 7) is 10.5. The van der Waals surface area contributed by atoms with Crippen LogP contribution in [0.25, 0.3) is 0 Å². The van der Waals surface area contributed by atoms with Crippen molar-refractivity contribution < 1.29 is 14.2 Å². The summed E-state index contributed by atoms with van der Waals surface area (Å²) in [6.07, 6.45) is 5.20. The van der Waals surface area contributed by atoms with Crippen LogP contribution in [0, 0.1) is 0 Å². The number of ether oxygens (including phenoxy) is 3. The molecule has 0 aromatic heterocycles. The van der Waals surface area contributed by atoms with Crippen LogP contribution >= 0.6 is 24.0 Å². The molecule has 1 heterocycles. The first-order chi connectivity index (χ1) is 14.2. The highest BCUT2D eigenvalue weighted by molar-refractivity contribution is 14.0. The number of hydrogen-bond donors (Lipinski definition) is 1. The maximum Gasteiger partial charge on any atom is 0.203 e.